The summed E-state index contributed by atoms with van der Waals surface area (Å²) < 4.78 is 73.4. The Morgan fingerprint density at radius 1 is 1.03 bits per heavy atom. The third-order valence-corrected chi connectivity index (χ3v) is 5.57. The molecule has 0 fully saturated rings. The molecule has 0 saturated carbocycles. The van der Waals surface area contributed by atoms with Crippen molar-refractivity contribution in [3.05, 3.63) is 83.8 Å². The molecule has 2 aromatic carbocycles. The van der Waals surface area contributed by atoms with E-state index in [1.165, 1.54) is 30.2 Å². The topological polar surface area (TPSA) is 76.8 Å². The number of furan rings is 1. The summed E-state index contributed by atoms with van der Waals surface area (Å²) in [5, 5.41) is 0. The van der Waals surface area contributed by atoms with Crippen LogP contribution in [0.3, 0.4) is 0 Å². The SMILES string of the molecule is CC(=O)N(Cc1ccc(OS(=O)(=O)c2cccc(C(F)(F)F)c2)cc1)Cc1ccco1. The maximum absolute atomic E-state index is 12.8. The molecule has 31 heavy (non-hydrogen) atoms. The van der Waals surface area contributed by atoms with Gasteiger partial charge in [-0.15, -0.1) is 0 Å². The number of carbonyl (C=O) groups is 1. The van der Waals surface area contributed by atoms with Gasteiger partial charge in [-0.3, -0.25) is 4.79 Å². The Hall–Kier alpha value is -3.27. The van der Waals surface area contributed by atoms with Crippen LogP contribution in [0.5, 0.6) is 5.75 Å². The first-order valence-electron chi connectivity index (χ1n) is 9.03. The van der Waals surface area contributed by atoms with E-state index in [1.807, 2.05) is 0 Å². The molecule has 0 N–H and O–H groups in total. The first kappa shape index (κ1) is 22.4. The van der Waals surface area contributed by atoms with Crippen LogP contribution in [0.15, 0.2) is 76.2 Å². The van der Waals surface area contributed by atoms with Crippen molar-refractivity contribution in [1.29, 1.82) is 0 Å². The second kappa shape index (κ2) is 8.84. The maximum Gasteiger partial charge on any atom is 0.416 e. The Bertz CT molecular complexity index is 1140. The molecule has 0 aliphatic rings. The van der Waals surface area contributed by atoms with E-state index in [4.69, 9.17) is 8.60 Å². The van der Waals surface area contributed by atoms with Gasteiger partial charge in [0.2, 0.25) is 5.91 Å². The Kier molecular flexibility index (Phi) is 6.40. The number of amides is 1. The highest BCUT2D eigenvalue weighted by molar-refractivity contribution is 7.87. The normalized spacial score (nSPS) is 11.9. The molecule has 0 aliphatic heterocycles. The average molecular weight is 453 g/mol. The number of halogens is 3. The van der Waals surface area contributed by atoms with Crippen molar-refractivity contribution in [1.82, 2.24) is 4.90 Å². The zero-order valence-electron chi connectivity index (χ0n) is 16.3. The molecule has 1 aromatic heterocycles. The summed E-state index contributed by atoms with van der Waals surface area (Å²) in [5.74, 6) is 0.368. The number of nitrogens with zero attached hydrogens (tertiary/aromatic N) is 1. The second-order valence-electron chi connectivity index (χ2n) is 6.66. The molecule has 0 unspecified atom stereocenters. The molecule has 0 spiro atoms. The zero-order valence-corrected chi connectivity index (χ0v) is 17.1. The van der Waals surface area contributed by atoms with Crippen molar-refractivity contribution in [3.63, 3.8) is 0 Å². The summed E-state index contributed by atoms with van der Waals surface area (Å²) in [6, 6.07) is 12.6. The number of hydrogen-bond acceptors (Lipinski definition) is 5. The number of benzene rings is 2. The van der Waals surface area contributed by atoms with Gasteiger partial charge in [0.25, 0.3) is 0 Å². The van der Waals surface area contributed by atoms with Crippen LogP contribution in [-0.4, -0.2) is 19.2 Å². The van der Waals surface area contributed by atoms with Gasteiger partial charge >= 0.3 is 16.3 Å². The van der Waals surface area contributed by atoms with Crippen molar-refractivity contribution >= 4 is 16.0 Å². The van der Waals surface area contributed by atoms with E-state index >= 15 is 0 Å². The first-order valence-corrected chi connectivity index (χ1v) is 10.4. The zero-order chi connectivity index (χ0) is 22.6. The Morgan fingerprint density at radius 2 is 1.74 bits per heavy atom. The van der Waals surface area contributed by atoms with E-state index in [1.54, 1.807) is 24.3 Å². The van der Waals surface area contributed by atoms with Crippen LogP contribution in [0, 0.1) is 0 Å². The van der Waals surface area contributed by atoms with Gasteiger partial charge in [-0.25, -0.2) is 0 Å². The molecule has 0 radical (unpaired) electrons. The summed E-state index contributed by atoms with van der Waals surface area (Å²) >= 11 is 0. The molecule has 1 amide bonds. The van der Waals surface area contributed by atoms with Gasteiger partial charge in [-0.05, 0) is 48.0 Å². The van der Waals surface area contributed by atoms with Gasteiger partial charge in [0.05, 0.1) is 18.4 Å². The van der Waals surface area contributed by atoms with E-state index < -0.39 is 26.8 Å². The van der Waals surface area contributed by atoms with E-state index in [9.17, 15) is 26.4 Å². The fraction of sp³-hybridized carbons (Fsp3) is 0.190. The molecule has 3 aromatic rings. The third kappa shape index (κ3) is 5.88. The minimum absolute atomic E-state index is 0.0680. The minimum Gasteiger partial charge on any atom is -0.467 e. The van der Waals surface area contributed by atoms with Gasteiger partial charge in [-0.2, -0.15) is 21.6 Å². The van der Waals surface area contributed by atoms with E-state index in [-0.39, 0.29) is 24.7 Å². The number of rotatable bonds is 7. The van der Waals surface area contributed by atoms with Gasteiger partial charge in [0, 0.05) is 13.5 Å². The molecule has 0 bridgehead atoms. The van der Waals surface area contributed by atoms with Crippen LogP contribution in [0.1, 0.15) is 23.8 Å². The highest BCUT2D eigenvalue weighted by Gasteiger charge is 2.32. The number of alkyl halides is 3. The van der Waals surface area contributed by atoms with Gasteiger partial charge < -0.3 is 13.5 Å². The standard InChI is InChI=1S/C21H18F3NO5S/c1-15(26)25(14-19-5-3-11-29-19)13-16-7-9-18(10-8-16)30-31(27,28)20-6-2-4-17(12-20)21(22,23)24/h2-12H,13-14H2,1H3. The molecule has 3 rings (SSSR count). The Labute approximate surface area is 177 Å². The summed E-state index contributed by atoms with van der Waals surface area (Å²) in [6.07, 6.45) is -3.17. The molecule has 164 valence electrons. The quantitative estimate of drug-likeness (QED) is 0.488. The fourth-order valence-corrected chi connectivity index (χ4v) is 3.72. The summed E-state index contributed by atoms with van der Waals surface area (Å²) in [5.41, 5.74) is -0.390. The highest BCUT2D eigenvalue weighted by Crippen LogP contribution is 2.31. The van der Waals surface area contributed by atoms with Gasteiger partial charge in [0.15, 0.2) is 0 Å². The lowest BCUT2D eigenvalue weighted by molar-refractivity contribution is -0.137. The Balaban J connectivity index is 1.72. The van der Waals surface area contributed by atoms with Crippen LogP contribution >= 0.6 is 0 Å². The lowest BCUT2D eigenvalue weighted by Gasteiger charge is -2.20. The minimum atomic E-state index is -4.68. The van der Waals surface area contributed by atoms with Crippen molar-refractivity contribution in [2.45, 2.75) is 31.1 Å². The average Bonchev–Trinajstić information content (AvgIpc) is 3.21. The largest absolute Gasteiger partial charge is 0.467 e. The van der Waals surface area contributed by atoms with E-state index in [0.29, 0.717) is 17.4 Å². The highest BCUT2D eigenvalue weighted by atomic mass is 32.2. The van der Waals surface area contributed by atoms with Crippen LogP contribution in [-0.2, 0) is 34.2 Å². The molecule has 1 heterocycles. The Morgan fingerprint density at radius 3 is 2.32 bits per heavy atom. The van der Waals surface area contributed by atoms with Gasteiger partial charge in [-0.1, -0.05) is 18.2 Å². The first-order chi connectivity index (χ1) is 14.5. The van der Waals surface area contributed by atoms with E-state index in [2.05, 4.69) is 0 Å². The third-order valence-electron chi connectivity index (χ3n) is 4.32. The predicted molar refractivity (Wildman–Crippen MR) is 104 cm³/mol. The lowest BCUT2D eigenvalue weighted by atomic mass is 10.2. The van der Waals surface area contributed by atoms with Gasteiger partial charge in [0.1, 0.15) is 16.4 Å². The van der Waals surface area contributed by atoms with Crippen molar-refractivity contribution in [2.24, 2.45) is 0 Å². The molecule has 6 nitrogen and oxygen atoms in total. The number of carbonyl (C=O) groups excluding carboxylic acids is 1. The maximum atomic E-state index is 12.8. The monoisotopic (exact) mass is 453 g/mol. The molecule has 10 heteroatoms. The summed E-state index contributed by atoms with van der Waals surface area (Å²) in [7, 11) is -4.46. The molecule has 0 saturated heterocycles. The fourth-order valence-electron chi connectivity index (χ4n) is 2.74. The summed E-state index contributed by atoms with van der Waals surface area (Å²) in [4.78, 5) is 12.8. The molecule has 0 atom stereocenters. The molecular weight excluding hydrogens is 435 g/mol. The van der Waals surface area contributed by atoms with Crippen LogP contribution in [0.25, 0.3) is 0 Å². The lowest BCUT2D eigenvalue weighted by Crippen LogP contribution is -2.27. The molecular formula is C21H18F3NO5S. The second-order valence-corrected chi connectivity index (χ2v) is 8.21. The van der Waals surface area contributed by atoms with E-state index in [0.717, 1.165) is 18.2 Å². The van der Waals surface area contributed by atoms with Crippen LogP contribution in [0.2, 0.25) is 0 Å². The predicted octanol–water partition coefficient (Wildman–Crippen LogP) is 4.61. The summed E-state index contributed by atoms with van der Waals surface area (Å²) in [6.45, 7) is 1.93. The number of hydrogen-bond donors (Lipinski definition) is 0. The molecule has 0 aliphatic carbocycles. The van der Waals surface area contributed by atoms with Crippen molar-refractivity contribution < 1.29 is 35.0 Å². The van der Waals surface area contributed by atoms with Crippen LogP contribution in [0.4, 0.5) is 13.2 Å². The smallest absolute Gasteiger partial charge is 0.416 e. The van der Waals surface area contributed by atoms with Crippen LogP contribution < -0.4 is 4.18 Å². The van der Waals surface area contributed by atoms with Crippen molar-refractivity contribution in [3.8, 4) is 5.75 Å². The van der Waals surface area contributed by atoms with Crippen molar-refractivity contribution in [2.75, 3.05) is 0 Å².